The molecular formula is C16H18N2O. The zero-order chi connectivity index (χ0) is 12.9. The number of nitrogens with zero attached hydrogens (tertiary/aromatic N) is 2. The highest BCUT2D eigenvalue weighted by Crippen LogP contribution is 2.57. The number of nitriles is 1. The molecule has 0 saturated heterocycles. The second-order valence-electron chi connectivity index (χ2n) is 6.67. The Morgan fingerprint density at radius 1 is 1.16 bits per heavy atom. The zero-order valence-corrected chi connectivity index (χ0v) is 11.0. The van der Waals surface area contributed by atoms with E-state index in [2.05, 4.69) is 11.1 Å². The van der Waals surface area contributed by atoms with Crippen molar-refractivity contribution in [3.05, 3.63) is 23.9 Å². The van der Waals surface area contributed by atoms with Crippen molar-refractivity contribution in [1.29, 1.82) is 5.26 Å². The van der Waals surface area contributed by atoms with Gasteiger partial charge in [-0.2, -0.15) is 5.26 Å². The van der Waals surface area contributed by atoms with Crippen LogP contribution in [0.1, 0.15) is 44.1 Å². The van der Waals surface area contributed by atoms with Crippen LogP contribution in [0.25, 0.3) is 0 Å². The van der Waals surface area contributed by atoms with Gasteiger partial charge in [0.05, 0.1) is 0 Å². The SMILES string of the molecule is N#Cc1cccnc1OC12CC3CC(CC(C3)C1)C2. The molecule has 98 valence electrons. The standard InChI is InChI=1S/C16H18N2O/c17-10-14-2-1-3-18-15(14)19-16-7-11-4-12(8-16)6-13(5-11)9-16/h1-3,11-13H,4-9H2. The summed E-state index contributed by atoms with van der Waals surface area (Å²) in [7, 11) is 0. The summed E-state index contributed by atoms with van der Waals surface area (Å²) in [5.41, 5.74) is 0.549. The maximum Gasteiger partial charge on any atom is 0.232 e. The molecule has 4 aliphatic carbocycles. The van der Waals surface area contributed by atoms with Gasteiger partial charge in [0, 0.05) is 6.20 Å². The lowest BCUT2D eigenvalue weighted by atomic mass is 9.54. The van der Waals surface area contributed by atoms with Crippen molar-refractivity contribution in [3.8, 4) is 11.9 Å². The molecule has 0 unspecified atom stereocenters. The average molecular weight is 254 g/mol. The summed E-state index contributed by atoms with van der Waals surface area (Å²) in [6.45, 7) is 0. The predicted molar refractivity (Wildman–Crippen MR) is 70.5 cm³/mol. The molecule has 0 amide bonds. The van der Waals surface area contributed by atoms with Crippen molar-refractivity contribution in [2.75, 3.05) is 0 Å². The molecule has 5 rings (SSSR count). The predicted octanol–water partition coefficient (Wildman–Crippen LogP) is 3.30. The van der Waals surface area contributed by atoms with Gasteiger partial charge in [0.2, 0.25) is 5.88 Å². The largest absolute Gasteiger partial charge is 0.470 e. The van der Waals surface area contributed by atoms with Crippen molar-refractivity contribution >= 4 is 0 Å². The van der Waals surface area contributed by atoms with Crippen LogP contribution in [0.15, 0.2) is 18.3 Å². The Morgan fingerprint density at radius 3 is 2.37 bits per heavy atom. The van der Waals surface area contributed by atoms with Crippen molar-refractivity contribution in [1.82, 2.24) is 4.98 Å². The number of rotatable bonds is 2. The summed E-state index contributed by atoms with van der Waals surface area (Å²) in [6.07, 6.45) is 9.42. The molecule has 0 N–H and O–H groups in total. The number of hydrogen-bond donors (Lipinski definition) is 0. The van der Waals surface area contributed by atoms with E-state index in [1.54, 1.807) is 18.3 Å². The van der Waals surface area contributed by atoms with Crippen LogP contribution >= 0.6 is 0 Å². The van der Waals surface area contributed by atoms with Crippen LogP contribution in [-0.4, -0.2) is 10.6 Å². The van der Waals surface area contributed by atoms with Gasteiger partial charge < -0.3 is 4.74 Å². The van der Waals surface area contributed by atoms with Crippen LogP contribution in [0, 0.1) is 29.1 Å². The van der Waals surface area contributed by atoms with E-state index in [4.69, 9.17) is 10.00 Å². The van der Waals surface area contributed by atoms with E-state index < -0.39 is 0 Å². The molecule has 4 bridgehead atoms. The second-order valence-corrected chi connectivity index (χ2v) is 6.67. The fourth-order valence-corrected chi connectivity index (χ4v) is 4.92. The molecule has 4 fully saturated rings. The van der Waals surface area contributed by atoms with Gasteiger partial charge in [-0.3, -0.25) is 0 Å². The molecule has 19 heavy (non-hydrogen) atoms. The van der Waals surface area contributed by atoms with Crippen molar-refractivity contribution in [3.63, 3.8) is 0 Å². The number of pyridine rings is 1. The van der Waals surface area contributed by atoms with Crippen LogP contribution in [0.2, 0.25) is 0 Å². The molecule has 3 nitrogen and oxygen atoms in total. The van der Waals surface area contributed by atoms with E-state index in [0.717, 1.165) is 17.8 Å². The van der Waals surface area contributed by atoms with Crippen LogP contribution in [0.4, 0.5) is 0 Å². The Labute approximate surface area is 113 Å². The molecule has 0 radical (unpaired) electrons. The monoisotopic (exact) mass is 254 g/mol. The third-order valence-electron chi connectivity index (χ3n) is 5.19. The lowest BCUT2D eigenvalue weighted by Gasteiger charge is -2.55. The quantitative estimate of drug-likeness (QED) is 0.813. The molecule has 0 aromatic carbocycles. The first-order valence-corrected chi connectivity index (χ1v) is 7.30. The molecule has 4 aliphatic rings. The van der Waals surface area contributed by atoms with Crippen LogP contribution in [-0.2, 0) is 0 Å². The third-order valence-corrected chi connectivity index (χ3v) is 5.19. The van der Waals surface area contributed by atoms with Gasteiger partial charge in [-0.25, -0.2) is 4.98 Å². The van der Waals surface area contributed by atoms with Crippen molar-refractivity contribution < 1.29 is 4.74 Å². The molecule has 4 saturated carbocycles. The minimum absolute atomic E-state index is 0.0191. The molecule has 3 heteroatoms. The number of hydrogen-bond acceptors (Lipinski definition) is 3. The van der Waals surface area contributed by atoms with Gasteiger partial charge in [-0.15, -0.1) is 0 Å². The Morgan fingerprint density at radius 2 is 1.79 bits per heavy atom. The molecular weight excluding hydrogens is 236 g/mol. The summed E-state index contributed by atoms with van der Waals surface area (Å²) in [5, 5.41) is 9.16. The first-order valence-electron chi connectivity index (χ1n) is 7.30. The van der Waals surface area contributed by atoms with E-state index in [-0.39, 0.29) is 5.60 Å². The smallest absolute Gasteiger partial charge is 0.232 e. The summed E-state index contributed by atoms with van der Waals surface area (Å²) in [5.74, 6) is 3.09. The zero-order valence-electron chi connectivity index (χ0n) is 11.0. The molecule has 1 aromatic heterocycles. The van der Waals surface area contributed by atoms with Gasteiger partial charge in [0.15, 0.2) is 0 Å². The summed E-state index contributed by atoms with van der Waals surface area (Å²) < 4.78 is 6.30. The second kappa shape index (κ2) is 3.96. The minimum atomic E-state index is -0.0191. The number of aromatic nitrogens is 1. The first-order chi connectivity index (χ1) is 9.26. The Balaban J connectivity index is 1.64. The highest BCUT2D eigenvalue weighted by atomic mass is 16.5. The summed E-state index contributed by atoms with van der Waals surface area (Å²) >= 11 is 0. The highest BCUT2D eigenvalue weighted by Gasteiger charge is 2.52. The topological polar surface area (TPSA) is 45.9 Å². The molecule has 1 aromatic rings. The fourth-order valence-electron chi connectivity index (χ4n) is 4.92. The highest BCUT2D eigenvalue weighted by molar-refractivity contribution is 5.37. The Kier molecular flexibility index (Phi) is 2.35. The van der Waals surface area contributed by atoms with E-state index in [1.807, 2.05) is 0 Å². The third kappa shape index (κ3) is 1.82. The summed E-state index contributed by atoms with van der Waals surface area (Å²) in [4.78, 5) is 4.28. The number of ether oxygens (including phenoxy) is 1. The van der Waals surface area contributed by atoms with Gasteiger partial charge in [0.1, 0.15) is 17.2 Å². The van der Waals surface area contributed by atoms with Crippen molar-refractivity contribution in [2.45, 2.75) is 44.1 Å². The first kappa shape index (κ1) is 11.3. The fraction of sp³-hybridized carbons (Fsp3) is 0.625. The van der Waals surface area contributed by atoms with Crippen LogP contribution in [0.3, 0.4) is 0 Å². The lowest BCUT2D eigenvalue weighted by Crippen LogP contribution is -2.53. The van der Waals surface area contributed by atoms with E-state index in [1.165, 1.54) is 38.5 Å². The maximum absolute atomic E-state index is 9.16. The van der Waals surface area contributed by atoms with Crippen LogP contribution < -0.4 is 4.74 Å². The van der Waals surface area contributed by atoms with Crippen LogP contribution in [0.5, 0.6) is 5.88 Å². The summed E-state index contributed by atoms with van der Waals surface area (Å²) in [6, 6.07) is 5.78. The van der Waals surface area contributed by atoms with Gasteiger partial charge in [0.25, 0.3) is 0 Å². The maximum atomic E-state index is 9.16. The average Bonchev–Trinajstić information content (AvgIpc) is 2.37. The molecule has 0 aliphatic heterocycles. The van der Waals surface area contributed by atoms with Gasteiger partial charge in [-0.1, -0.05) is 0 Å². The van der Waals surface area contributed by atoms with E-state index >= 15 is 0 Å². The van der Waals surface area contributed by atoms with E-state index in [0.29, 0.717) is 11.4 Å². The minimum Gasteiger partial charge on any atom is -0.470 e. The van der Waals surface area contributed by atoms with Gasteiger partial charge >= 0.3 is 0 Å². The molecule has 0 atom stereocenters. The molecule has 1 heterocycles. The van der Waals surface area contributed by atoms with Gasteiger partial charge in [-0.05, 0) is 68.4 Å². The lowest BCUT2D eigenvalue weighted by molar-refractivity contribution is -0.109. The molecule has 0 spiro atoms. The van der Waals surface area contributed by atoms with Crippen molar-refractivity contribution in [2.24, 2.45) is 17.8 Å². The Bertz CT molecular complexity index is 511. The van der Waals surface area contributed by atoms with E-state index in [9.17, 15) is 0 Å². The normalized spacial score (nSPS) is 39.0. The Hall–Kier alpha value is -1.56.